The zero-order valence-electron chi connectivity index (χ0n) is 23.3. The van der Waals surface area contributed by atoms with Gasteiger partial charge < -0.3 is 16.2 Å². The molecule has 11 nitrogen and oxygen atoms in total. The van der Waals surface area contributed by atoms with Crippen molar-refractivity contribution in [2.75, 3.05) is 5.32 Å². The second-order valence-electron chi connectivity index (χ2n) is 11.0. The molecule has 0 radical (unpaired) electrons. The lowest BCUT2D eigenvalue weighted by Crippen LogP contribution is -2.31. The molecular weight excluding hydrogens is 532 g/mol. The Morgan fingerprint density at radius 1 is 1.27 bits per heavy atom. The van der Waals surface area contributed by atoms with Crippen LogP contribution in [0, 0.1) is 13.8 Å². The number of anilines is 1. The number of imidazole rings is 1. The van der Waals surface area contributed by atoms with Gasteiger partial charge in [-0.1, -0.05) is 12.1 Å². The van der Waals surface area contributed by atoms with Crippen LogP contribution in [0.3, 0.4) is 0 Å². The van der Waals surface area contributed by atoms with Crippen molar-refractivity contribution < 1.29 is 18.7 Å². The Morgan fingerprint density at radius 3 is 2.66 bits per heavy atom. The lowest BCUT2D eigenvalue weighted by molar-refractivity contribution is 0.0570. The largest absolute Gasteiger partial charge is 0.389 e. The monoisotopic (exact) mass is 565 g/mol. The molecule has 6 N–H and O–H groups in total. The quantitative estimate of drug-likeness (QED) is 0.104. The maximum Gasteiger partial charge on any atom is 0.274 e. The Balaban J connectivity index is 1.47. The highest BCUT2D eigenvalue weighted by molar-refractivity contribution is 6.05. The fourth-order valence-corrected chi connectivity index (χ4v) is 4.73. The van der Waals surface area contributed by atoms with Gasteiger partial charge >= 0.3 is 0 Å². The summed E-state index contributed by atoms with van der Waals surface area (Å²) in [6.07, 6.45) is 2.11. The van der Waals surface area contributed by atoms with Crippen LogP contribution in [-0.4, -0.2) is 52.8 Å². The molecule has 1 saturated carbocycles. The third kappa shape index (κ3) is 5.91. The number of hydrogen-bond acceptors (Lipinski definition) is 7. The highest BCUT2D eigenvalue weighted by Gasteiger charge is 2.27. The van der Waals surface area contributed by atoms with Crippen LogP contribution in [0.25, 0.3) is 16.8 Å². The summed E-state index contributed by atoms with van der Waals surface area (Å²) in [5, 5.41) is 22.9. The fourth-order valence-electron chi connectivity index (χ4n) is 4.73. The first-order valence-electron chi connectivity index (χ1n) is 13.2. The summed E-state index contributed by atoms with van der Waals surface area (Å²) in [6.45, 7) is 7.52. The maximum absolute atomic E-state index is 13.9. The number of pyridine rings is 1. The second-order valence-corrected chi connectivity index (χ2v) is 11.0. The maximum atomic E-state index is 13.9. The van der Waals surface area contributed by atoms with Crippen molar-refractivity contribution in [1.82, 2.24) is 24.3 Å². The minimum absolute atomic E-state index is 0.0473. The van der Waals surface area contributed by atoms with E-state index in [0.29, 0.717) is 17.8 Å². The zero-order valence-corrected chi connectivity index (χ0v) is 23.3. The Kier molecular flexibility index (Phi) is 7.26. The number of nitrogens with one attached hydrogen (secondary N) is 1. The molecule has 3 heterocycles. The molecule has 0 spiro atoms. The number of carbonyl (C=O) groups excluding carboxylic acids is 1. The Hall–Kier alpha value is -4.36. The van der Waals surface area contributed by atoms with Gasteiger partial charge in [0.2, 0.25) is 0 Å². The van der Waals surface area contributed by atoms with Crippen LogP contribution in [0.1, 0.15) is 66.1 Å². The van der Waals surface area contributed by atoms with Crippen molar-refractivity contribution in [2.45, 2.75) is 65.1 Å². The van der Waals surface area contributed by atoms with Crippen molar-refractivity contribution in [1.29, 1.82) is 0 Å². The van der Waals surface area contributed by atoms with Crippen LogP contribution < -0.4 is 16.9 Å². The van der Waals surface area contributed by atoms with Crippen LogP contribution in [0.5, 0.6) is 0 Å². The number of amidine groups is 1. The van der Waals surface area contributed by atoms with Crippen molar-refractivity contribution in [2.24, 2.45) is 16.7 Å². The first-order chi connectivity index (χ1) is 19.3. The first-order valence-corrected chi connectivity index (χ1v) is 13.2. The standard InChI is InChI=1S/C28H33F2N9O2/c1-15-24(16(2)38(35-15)14-28(3,4)41)18-6-10-23-33-12-22(37(23)13-18)27(40)34-21-11-17(5-9-20(21)25(29)30)26(31)36-39(32)19-7-8-19/h5-6,9-13,19,25,41H,7-8,14,32H2,1-4H3,(H2,31,36)(H,34,40). The molecule has 0 unspecified atom stereocenters. The number of hydrogen-bond donors (Lipinski definition) is 4. The smallest absolute Gasteiger partial charge is 0.274 e. The molecule has 0 bridgehead atoms. The number of hydrazine groups is 1. The molecule has 0 atom stereocenters. The Labute approximate surface area is 235 Å². The molecule has 3 aromatic heterocycles. The summed E-state index contributed by atoms with van der Waals surface area (Å²) >= 11 is 0. The SMILES string of the molecule is Cc1nn(CC(C)(C)O)c(C)c1-c1ccc2ncc(C(=O)Nc3cc(/C(N)=N/N(N)C4CC4)ccc3C(F)F)n2c1. The minimum atomic E-state index is -2.84. The average molecular weight is 566 g/mol. The van der Waals surface area contributed by atoms with Crippen molar-refractivity contribution >= 4 is 23.1 Å². The first kappa shape index (κ1) is 28.2. The fraction of sp³-hybridized carbons (Fsp3) is 0.357. The summed E-state index contributed by atoms with van der Waals surface area (Å²) in [4.78, 5) is 17.7. The summed E-state index contributed by atoms with van der Waals surface area (Å²) in [7, 11) is 0. The van der Waals surface area contributed by atoms with Gasteiger partial charge in [0.15, 0.2) is 5.84 Å². The van der Waals surface area contributed by atoms with E-state index in [0.717, 1.165) is 35.4 Å². The number of aliphatic hydroxyl groups is 1. The van der Waals surface area contributed by atoms with Gasteiger partial charge in [-0.25, -0.2) is 24.7 Å². The molecule has 0 aliphatic heterocycles. The van der Waals surface area contributed by atoms with E-state index in [1.54, 1.807) is 35.2 Å². The number of aryl methyl sites for hydroxylation is 1. The van der Waals surface area contributed by atoms with E-state index >= 15 is 0 Å². The number of hydrazone groups is 1. The number of benzene rings is 1. The molecule has 5 rings (SSSR count). The Bertz CT molecular complexity index is 1650. The van der Waals surface area contributed by atoms with E-state index in [1.807, 2.05) is 19.9 Å². The zero-order chi connectivity index (χ0) is 29.6. The molecule has 1 amide bonds. The number of alkyl halides is 2. The molecule has 1 fully saturated rings. The highest BCUT2D eigenvalue weighted by atomic mass is 19.3. The number of nitrogens with two attached hydrogens (primary N) is 2. The van der Waals surface area contributed by atoms with Gasteiger partial charge in [-0.3, -0.25) is 13.9 Å². The molecule has 1 aromatic carbocycles. The topological polar surface area (TPSA) is 152 Å². The van der Waals surface area contributed by atoms with Crippen LogP contribution in [0.15, 0.2) is 47.8 Å². The van der Waals surface area contributed by atoms with Crippen LogP contribution >= 0.6 is 0 Å². The molecular formula is C28H33F2N9O2. The van der Waals surface area contributed by atoms with Gasteiger partial charge in [-0.05, 0) is 58.7 Å². The van der Waals surface area contributed by atoms with E-state index in [1.165, 1.54) is 29.5 Å². The average Bonchev–Trinajstić information content (AvgIpc) is 3.60. The normalized spacial score (nSPS) is 14.2. The number of aromatic nitrogens is 4. The van der Waals surface area contributed by atoms with Crippen LogP contribution in [0.4, 0.5) is 14.5 Å². The van der Waals surface area contributed by atoms with E-state index in [9.17, 15) is 18.7 Å². The number of nitrogens with zero attached hydrogens (tertiary/aromatic N) is 6. The number of halogens is 2. The lowest BCUT2D eigenvalue weighted by atomic mass is 10.1. The summed E-state index contributed by atoms with van der Waals surface area (Å²) in [6, 6.07) is 7.73. The molecule has 1 aliphatic rings. The third-order valence-corrected chi connectivity index (χ3v) is 6.92. The van der Waals surface area contributed by atoms with Crippen molar-refractivity contribution in [3.05, 3.63) is 70.9 Å². The highest BCUT2D eigenvalue weighted by Crippen LogP contribution is 2.31. The van der Waals surface area contributed by atoms with E-state index in [2.05, 4.69) is 20.5 Å². The lowest BCUT2D eigenvalue weighted by Gasteiger charge is -2.18. The number of carbonyl (C=O) groups is 1. The summed E-state index contributed by atoms with van der Waals surface area (Å²) in [5.74, 6) is 5.30. The van der Waals surface area contributed by atoms with Gasteiger partial charge in [0.1, 0.15) is 11.3 Å². The molecule has 41 heavy (non-hydrogen) atoms. The molecule has 13 heteroatoms. The number of fused-ring (bicyclic) bond motifs is 1. The van der Waals surface area contributed by atoms with Crippen LogP contribution in [-0.2, 0) is 6.54 Å². The van der Waals surface area contributed by atoms with Crippen molar-refractivity contribution in [3.8, 4) is 11.1 Å². The third-order valence-electron chi connectivity index (χ3n) is 6.92. The molecule has 0 saturated heterocycles. The van der Waals surface area contributed by atoms with E-state index < -0.39 is 17.9 Å². The molecule has 1 aliphatic carbocycles. The predicted molar refractivity (Wildman–Crippen MR) is 151 cm³/mol. The van der Waals surface area contributed by atoms with Gasteiger partial charge in [-0.2, -0.15) is 5.10 Å². The van der Waals surface area contributed by atoms with Gasteiger partial charge in [0.05, 0.1) is 35.8 Å². The van der Waals surface area contributed by atoms with Gasteiger partial charge in [-0.15, -0.1) is 5.10 Å². The predicted octanol–water partition coefficient (Wildman–Crippen LogP) is 3.73. The Morgan fingerprint density at radius 2 is 2.00 bits per heavy atom. The summed E-state index contributed by atoms with van der Waals surface area (Å²) < 4.78 is 31.1. The van der Waals surface area contributed by atoms with Gasteiger partial charge in [0, 0.05) is 34.1 Å². The van der Waals surface area contributed by atoms with Crippen LogP contribution in [0.2, 0.25) is 0 Å². The molecule has 216 valence electrons. The van der Waals surface area contributed by atoms with Crippen molar-refractivity contribution in [3.63, 3.8) is 0 Å². The van der Waals surface area contributed by atoms with Gasteiger partial charge in [0.25, 0.3) is 12.3 Å². The number of amides is 1. The van der Waals surface area contributed by atoms with E-state index in [4.69, 9.17) is 11.6 Å². The number of rotatable bonds is 9. The minimum Gasteiger partial charge on any atom is -0.389 e. The van der Waals surface area contributed by atoms with E-state index in [-0.39, 0.29) is 28.8 Å². The second kappa shape index (κ2) is 10.6. The summed E-state index contributed by atoms with van der Waals surface area (Å²) in [5.41, 5.74) is 8.91. The molecule has 4 aromatic rings.